The maximum Gasteiger partial charge on any atom is 0.182 e. The summed E-state index contributed by atoms with van der Waals surface area (Å²) in [4.78, 5) is 3.09. The van der Waals surface area contributed by atoms with E-state index >= 15 is 0 Å². The summed E-state index contributed by atoms with van der Waals surface area (Å²) in [6.45, 7) is 4.18. The molecule has 0 bridgehead atoms. The standard InChI is InChI=1S/C13H16N2OS/c1-4-10-8-14-13(17)15(10)12-6-5-11(16-3)7-9(12)2/h5-8H,4H2,1-3H3,(H,14,17). The molecular weight excluding hydrogens is 232 g/mol. The maximum absolute atomic E-state index is 5.32. The molecule has 0 radical (unpaired) electrons. The van der Waals surface area contributed by atoms with Gasteiger partial charge in [0.2, 0.25) is 0 Å². The molecule has 0 spiro atoms. The van der Waals surface area contributed by atoms with Crippen LogP contribution in [0.3, 0.4) is 0 Å². The summed E-state index contributed by atoms with van der Waals surface area (Å²) in [5, 5.41) is 0. The van der Waals surface area contributed by atoms with Crippen molar-refractivity contribution in [3.8, 4) is 11.4 Å². The number of nitrogens with zero attached hydrogens (tertiary/aromatic N) is 1. The number of rotatable bonds is 3. The molecule has 0 amide bonds. The number of hydrogen-bond donors (Lipinski definition) is 1. The summed E-state index contributed by atoms with van der Waals surface area (Å²) in [6.07, 6.45) is 2.91. The average molecular weight is 248 g/mol. The SMILES string of the molecule is CCc1c[nH]c(=S)n1-c1ccc(OC)cc1C. The Labute approximate surface area is 106 Å². The number of aromatic amines is 1. The van der Waals surface area contributed by atoms with Crippen LogP contribution in [-0.2, 0) is 6.42 Å². The number of imidazole rings is 1. The fourth-order valence-electron chi connectivity index (χ4n) is 1.93. The van der Waals surface area contributed by atoms with E-state index in [0.717, 1.165) is 28.2 Å². The van der Waals surface area contributed by atoms with E-state index in [2.05, 4.69) is 23.4 Å². The topological polar surface area (TPSA) is 29.9 Å². The summed E-state index contributed by atoms with van der Waals surface area (Å²) >= 11 is 5.32. The van der Waals surface area contributed by atoms with Crippen LogP contribution in [0.2, 0.25) is 0 Å². The van der Waals surface area contributed by atoms with E-state index in [9.17, 15) is 0 Å². The second-order valence-corrected chi connectivity index (χ2v) is 4.31. The second kappa shape index (κ2) is 4.75. The van der Waals surface area contributed by atoms with Crippen LogP contribution in [0, 0.1) is 11.7 Å². The molecule has 2 rings (SSSR count). The molecule has 1 aromatic heterocycles. The molecule has 0 aliphatic rings. The van der Waals surface area contributed by atoms with Gasteiger partial charge in [-0.15, -0.1) is 0 Å². The molecule has 0 saturated heterocycles. The highest BCUT2D eigenvalue weighted by Gasteiger charge is 2.08. The zero-order chi connectivity index (χ0) is 12.4. The van der Waals surface area contributed by atoms with E-state index in [1.165, 1.54) is 5.69 Å². The highest BCUT2D eigenvalue weighted by atomic mass is 32.1. The van der Waals surface area contributed by atoms with Gasteiger partial charge in [0.05, 0.1) is 12.8 Å². The van der Waals surface area contributed by atoms with E-state index in [-0.39, 0.29) is 0 Å². The Balaban J connectivity index is 2.60. The van der Waals surface area contributed by atoms with Crippen LogP contribution in [-0.4, -0.2) is 16.7 Å². The summed E-state index contributed by atoms with van der Waals surface area (Å²) in [7, 11) is 1.67. The van der Waals surface area contributed by atoms with Gasteiger partial charge in [-0.05, 0) is 49.3 Å². The monoisotopic (exact) mass is 248 g/mol. The fraction of sp³-hybridized carbons (Fsp3) is 0.308. The number of aromatic nitrogens is 2. The zero-order valence-electron chi connectivity index (χ0n) is 10.3. The van der Waals surface area contributed by atoms with Gasteiger partial charge in [-0.2, -0.15) is 0 Å². The molecule has 1 heterocycles. The summed E-state index contributed by atoms with van der Waals surface area (Å²) in [5.74, 6) is 0.867. The lowest BCUT2D eigenvalue weighted by molar-refractivity contribution is 0.414. The third kappa shape index (κ3) is 2.13. The van der Waals surface area contributed by atoms with Gasteiger partial charge < -0.3 is 9.72 Å². The van der Waals surface area contributed by atoms with E-state index in [4.69, 9.17) is 17.0 Å². The molecule has 1 aromatic carbocycles. The zero-order valence-corrected chi connectivity index (χ0v) is 11.1. The molecule has 2 aromatic rings. The second-order valence-electron chi connectivity index (χ2n) is 3.93. The van der Waals surface area contributed by atoms with Gasteiger partial charge in [-0.1, -0.05) is 6.92 Å². The van der Waals surface area contributed by atoms with Crippen molar-refractivity contribution in [2.75, 3.05) is 7.11 Å². The third-order valence-corrected chi connectivity index (χ3v) is 3.16. The number of nitrogens with one attached hydrogen (secondary N) is 1. The molecule has 0 saturated carbocycles. The lowest BCUT2D eigenvalue weighted by Gasteiger charge is -2.11. The van der Waals surface area contributed by atoms with Crippen LogP contribution in [0.4, 0.5) is 0 Å². The lowest BCUT2D eigenvalue weighted by Crippen LogP contribution is -2.01. The Kier molecular flexibility index (Phi) is 3.33. The van der Waals surface area contributed by atoms with Crippen molar-refractivity contribution >= 4 is 12.2 Å². The van der Waals surface area contributed by atoms with E-state index in [1.54, 1.807) is 7.11 Å². The normalized spacial score (nSPS) is 10.5. The van der Waals surface area contributed by atoms with Crippen molar-refractivity contribution < 1.29 is 4.74 Å². The Hall–Kier alpha value is -1.55. The van der Waals surface area contributed by atoms with Crippen LogP contribution >= 0.6 is 12.2 Å². The lowest BCUT2D eigenvalue weighted by atomic mass is 10.2. The van der Waals surface area contributed by atoms with Gasteiger partial charge >= 0.3 is 0 Å². The molecule has 90 valence electrons. The minimum atomic E-state index is 0.732. The van der Waals surface area contributed by atoms with Crippen LogP contribution < -0.4 is 4.74 Å². The van der Waals surface area contributed by atoms with Crippen molar-refractivity contribution in [1.82, 2.24) is 9.55 Å². The fourth-order valence-corrected chi connectivity index (χ4v) is 2.21. The molecule has 0 atom stereocenters. The minimum absolute atomic E-state index is 0.732. The first-order valence-electron chi connectivity index (χ1n) is 5.61. The van der Waals surface area contributed by atoms with Crippen molar-refractivity contribution in [2.45, 2.75) is 20.3 Å². The molecule has 0 aliphatic carbocycles. The predicted molar refractivity (Wildman–Crippen MR) is 71.6 cm³/mol. The summed E-state index contributed by atoms with van der Waals surface area (Å²) < 4.78 is 8.02. The molecule has 0 fully saturated rings. The van der Waals surface area contributed by atoms with Gasteiger partial charge in [0.15, 0.2) is 4.77 Å². The molecule has 0 unspecified atom stereocenters. The Morgan fingerprint density at radius 3 is 2.76 bits per heavy atom. The Bertz CT molecular complexity index is 583. The van der Waals surface area contributed by atoms with Gasteiger partial charge in [-0.25, -0.2) is 0 Å². The van der Waals surface area contributed by atoms with E-state index < -0.39 is 0 Å². The third-order valence-electron chi connectivity index (χ3n) is 2.86. The van der Waals surface area contributed by atoms with Gasteiger partial charge in [0, 0.05) is 11.9 Å². The molecule has 1 N–H and O–H groups in total. The summed E-state index contributed by atoms with van der Waals surface area (Å²) in [5.41, 5.74) is 3.44. The largest absolute Gasteiger partial charge is 0.497 e. The first-order valence-corrected chi connectivity index (χ1v) is 6.02. The number of hydrogen-bond acceptors (Lipinski definition) is 2. The molecule has 3 nitrogen and oxygen atoms in total. The molecular formula is C13H16N2OS. The maximum atomic E-state index is 5.32. The van der Waals surface area contributed by atoms with Crippen LogP contribution in [0.5, 0.6) is 5.75 Å². The number of aryl methyl sites for hydroxylation is 2. The van der Waals surface area contributed by atoms with Gasteiger partial charge in [0.25, 0.3) is 0 Å². The van der Waals surface area contributed by atoms with Crippen LogP contribution in [0.25, 0.3) is 5.69 Å². The first-order chi connectivity index (χ1) is 8.17. The molecule has 0 aliphatic heterocycles. The van der Waals surface area contributed by atoms with Crippen molar-refractivity contribution in [3.05, 3.63) is 40.4 Å². The molecule has 17 heavy (non-hydrogen) atoms. The van der Waals surface area contributed by atoms with Crippen LogP contribution in [0.15, 0.2) is 24.4 Å². The van der Waals surface area contributed by atoms with Crippen molar-refractivity contribution in [1.29, 1.82) is 0 Å². The van der Waals surface area contributed by atoms with Crippen molar-refractivity contribution in [2.24, 2.45) is 0 Å². The highest BCUT2D eigenvalue weighted by Crippen LogP contribution is 2.22. The number of benzene rings is 1. The minimum Gasteiger partial charge on any atom is -0.497 e. The van der Waals surface area contributed by atoms with Crippen molar-refractivity contribution in [3.63, 3.8) is 0 Å². The quantitative estimate of drug-likeness (QED) is 0.844. The Morgan fingerprint density at radius 1 is 1.41 bits per heavy atom. The Morgan fingerprint density at radius 2 is 2.18 bits per heavy atom. The smallest absolute Gasteiger partial charge is 0.182 e. The average Bonchev–Trinajstić information content (AvgIpc) is 2.70. The molecule has 4 heteroatoms. The number of ether oxygens (including phenoxy) is 1. The number of methoxy groups -OCH3 is 1. The van der Waals surface area contributed by atoms with Gasteiger partial charge in [0.1, 0.15) is 5.75 Å². The summed E-state index contributed by atoms with van der Waals surface area (Å²) in [6, 6.07) is 6.01. The van der Waals surface area contributed by atoms with E-state index in [0.29, 0.717) is 0 Å². The number of H-pyrrole nitrogens is 1. The first kappa shape index (κ1) is 11.9. The van der Waals surface area contributed by atoms with E-state index in [1.807, 2.05) is 24.4 Å². The van der Waals surface area contributed by atoms with Crippen LogP contribution in [0.1, 0.15) is 18.2 Å². The highest BCUT2D eigenvalue weighted by molar-refractivity contribution is 7.71. The van der Waals surface area contributed by atoms with Gasteiger partial charge in [-0.3, -0.25) is 4.57 Å². The predicted octanol–water partition coefficient (Wildman–Crippen LogP) is 3.41.